The smallest absolute Gasteiger partial charge is 0.251 e. The number of aromatic nitrogens is 4. The summed E-state index contributed by atoms with van der Waals surface area (Å²) in [6, 6.07) is 10.9. The maximum Gasteiger partial charge on any atom is 0.251 e. The molecule has 2 aromatic heterocycles. The molecule has 8 nitrogen and oxygen atoms in total. The molecule has 4 N–H and O–H groups in total. The van der Waals surface area contributed by atoms with E-state index in [1.807, 2.05) is 36.4 Å². The van der Waals surface area contributed by atoms with Gasteiger partial charge in [0.05, 0.1) is 21.2 Å². The van der Waals surface area contributed by atoms with Gasteiger partial charge in [-0.3, -0.25) is 9.89 Å². The van der Waals surface area contributed by atoms with Gasteiger partial charge in [-0.25, -0.2) is 4.98 Å². The summed E-state index contributed by atoms with van der Waals surface area (Å²) in [4.78, 5) is 21.4. The minimum Gasteiger partial charge on any atom is -0.345 e. The fourth-order valence-electron chi connectivity index (χ4n) is 3.49. The van der Waals surface area contributed by atoms with Crippen LogP contribution < -0.4 is 16.0 Å². The Bertz CT molecular complexity index is 1240. The predicted octanol–water partition coefficient (Wildman–Crippen LogP) is 5.20. The molecule has 0 aliphatic heterocycles. The largest absolute Gasteiger partial charge is 0.345 e. The van der Waals surface area contributed by atoms with Gasteiger partial charge in [-0.05, 0) is 53.4 Å². The second kappa shape index (κ2) is 9.36. The molecule has 10 heteroatoms. The number of carbonyl (C=O) groups is 1. The molecule has 1 atom stereocenters. The Morgan fingerprint density at radius 3 is 2.79 bits per heavy atom. The number of rotatable bonds is 7. The summed E-state index contributed by atoms with van der Waals surface area (Å²) in [6.07, 6.45) is 8.38. The van der Waals surface area contributed by atoms with Crippen LogP contribution in [0.1, 0.15) is 41.2 Å². The standard InChI is InChI=1S/C23H21BrClN7O/c24-16-12-26-23(30-21(16)29-20-11-18(31-32-20)13-6-7-13)28-19-10-15(8-9-17(19)25)27-22(33)14-4-2-1-3-5-14/h1-5,9-13,15H,6-8H2,(H,27,33)(H3,26,28,29,30,31,32). The zero-order valence-corrected chi connectivity index (χ0v) is 19.8. The number of hydrogen-bond acceptors (Lipinski definition) is 6. The van der Waals surface area contributed by atoms with Gasteiger partial charge in [-0.1, -0.05) is 35.9 Å². The Morgan fingerprint density at radius 1 is 1.18 bits per heavy atom. The molecule has 0 saturated heterocycles. The molecule has 1 saturated carbocycles. The van der Waals surface area contributed by atoms with Crippen molar-refractivity contribution in [1.29, 1.82) is 0 Å². The van der Waals surface area contributed by atoms with Crippen molar-refractivity contribution in [1.82, 2.24) is 25.5 Å². The maximum atomic E-state index is 12.5. The lowest BCUT2D eigenvalue weighted by atomic mass is 10.1. The molecule has 1 fully saturated rings. The van der Waals surface area contributed by atoms with Crippen LogP contribution in [0.3, 0.4) is 0 Å². The van der Waals surface area contributed by atoms with E-state index in [0.717, 1.165) is 5.69 Å². The molecule has 0 radical (unpaired) electrons. The highest BCUT2D eigenvalue weighted by Crippen LogP contribution is 2.39. The summed E-state index contributed by atoms with van der Waals surface area (Å²) in [5.41, 5.74) is 2.37. The zero-order chi connectivity index (χ0) is 22.8. The van der Waals surface area contributed by atoms with Gasteiger partial charge in [0.2, 0.25) is 5.95 Å². The zero-order valence-electron chi connectivity index (χ0n) is 17.5. The van der Waals surface area contributed by atoms with Gasteiger partial charge in [-0.15, -0.1) is 0 Å². The van der Waals surface area contributed by atoms with Crippen molar-refractivity contribution in [2.45, 2.75) is 31.2 Å². The quantitative estimate of drug-likeness (QED) is 0.337. The van der Waals surface area contributed by atoms with Crippen LogP contribution in [-0.4, -0.2) is 32.1 Å². The Labute approximate surface area is 204 Å². The van der Waals surface area contributed by atoms with Gasteiger partial charge >= 0.3 is 0 Å². The van der Waals surface area contributed by atoms with Crippen LogP contribution in [0, 0.1) is 0 Å². The third-order valence-corrected chi connectivity index (χ3v) is 6.32. The summed E-state index contributed by atoms with van der Waals surface area (Å²) in [7, 11) is 0. The van der Waals surface area contributed by atoms with E-state index in [1.54, 1.807) is 18.3 Å². The van der Waals surface area contributed by atoms with Crippen molar-refractivity contribution < 1.29 is 4.79 Å². The van der Waals surface area contributed by atoms with Gasteiger partial charge in [0.25, 0.3) is 5.91 Å². The average Bonchev–Trinajstić information content (AvgIpc) is 3.57. The number of carbonyl (C=O) groups excluding carboxylic acids is 1. The summed E-state index contributed by atoms with van der Waals surface area (Å²) in [5.74, 6) is 2.08. The molecule has 1 amide bonds. The van der Waals surface area contributed by atoms with Crippen LogP contribution in [-0.2, 0) is 0 Å². The minimum atomic E-state index is -0.208. The number of allylic oxidation sites excluding steroid dienone is 1. The Kier molecular flexibility index (Phi) is 6.15. The SMILES string of the molecule is O=C(NC1C=C(Nc2ncc(Br)c(Nc3cc(C4CC4)[nH]n3)n2)C(Cl)=CC1)c1ccccc1. The van der Waals surface area contributed by atoms with Crippen LogP contribution in [0.2, 0.25) is 0 Å². The van der Waals surface area contributed by atoms with Crippen LogP contribution >= 0.6 is 27.5 Å². The number of amides is 1. The van der Waals surface area contributed by atoms with Crippen molar-refractivity contribution >= 4 is 51.0 Å². The normalized spacial score (nSPS) is 17.7. The number of hydrogen-bond donors (Lipinski definition) is 4. The Morgan fingerprint density at radius 2 is 2.00 bits per heavy atom. The lowest BCUT2D eigenvalue weighted by Crippen LogP contribution is -2.34. The number of anilines is 3. The Balaban J connectivity index is 1.29. The summed E-state index contributed by atoms with van der Waals surface area (Å²) >= 11 is 9.89. The number of nitrogens with zero attached hydrogens (tertiary/aromatic N) is 3. The first-order chi connectivity index (χ1) is 16.0. The molecular formula is C23H21BrClN7O. The maximum absolute atomic E-state index is 12.5. The number of aromatic amines is 1. The molecule has 1 aromatic carbocycles. The monoisotopic (exact) mass is 525 g/mol. The molecule has 3 aromatic rings. The molecule has 168 valence electrons. The van der Waals surface area contributed by atoms with Crippen molar-refractivity contribution in [2.24, 2.45) is 0 Å². The number of halogens is 2. The van der Waals surface area contributed by atoms with Gasteiger partial charge in [0, 0.05) is 29.4 Å². The third kappa shape index (κ3) is 5.26. The number of nitrogens with one attached hydrogen (secondary N) is 4. The first-order valence-electron chi connectivity index (χ1n) is 10.6. The second-order valence-electron chi connectivity index (χ2n) is 7.94. The lowest BCUT2D eigenvalue weighted by Gasteiger charge is -2.21. The number of benzene rings is 1. The highest BCUT2D eigenvalue weighted by Gasteiger charge is 2.25. The fraction of sp³-hybridized carbons (Fsp3) is 0.217. The van der Waals surface area contributed by atoms with Gasteiger partial charge in [0.15, 0.2) is 11.6 Å². The second-order valence-corrected chi connectivity index (χ2v) is 9.20. The van der Waals surface area contributed by atoms with Gasteiger partial charge < -0.3 is 16.0 Å². The third-order valence-electron chi connectivity index (χ3n) is 5.38. The summed E-state index contributed by atoms with van der Waals surface area (Å²) < 4.78 is 0.705. The van der Waals surface area contributed by atoms with Crippen molar-refractivity contribution in [3.63, 3.8) is 0 Å². The van der Waals surface area contributed by atoms with Crippen molar-refractivity contribution in [3.05, 3.63) is 81.2 Å². The van der Waals surface area contributed by atoms with Crippen molar-refractivity contribution in [2.75, 3.05) is 10.6 Å². The average molecular weight is 527 g/mol. The van der Waals surface area contributed by atoms with E-state index in [-0.39, 0.29) is 11.9 Å². The topological polar surface area (TPSA) is 108 Å². The van der Waals surface area contributed by atoms with E-state index in [9.17, 15) is 4.79 Å². The summed E-state index contributed by atoms with van der Waals surface area (Å²) in [5, 5.41) is 17.3. The van der Waals surface area contributed by atoms with E-state index < -0.39 is 0 Å². The number of H-pyrrole nitrogens is 1. The van der Waals surface area contributed by atoms with Crippen LogP contribution in [0.25, 0.3) is 0 Å². The minimum absolute atomic E-state index is 0.140. The molecular weight excluding hydrogens is 506 g/mol. The van der Waals surface area contributed by atoms with Crippen molar-refractivity contribution in [3.8, 4) is 0 Å². The van der Waals surface area contributed by atoms with E-state index >= 15 is 0 Å². The van der Waals surface area contributed by atoms with E-state index in [1.165, 1.54) is 12.8 Å². The highest BCUT2D eigenvalue weighted by atomic mass is 79.9. The lowest BCUT2D eigenvalue weighted by molar-refractivity contribution is 0.0944. The fourth-order valence-corrected chi connectivity index (χ4v) is 3.98. The van der Waals surface area contributed by atoms with E-state index in [0.29, 0.717) is 50.7 Å². The van der Waals surface area contributed by atoms with E-state index in [2.05, 4.69) is 52.0 Å². The van der Waals surface area contributed by atoms with Crippen LogP contribution in [0.5, 0.6) is 0 Å². The Hall–Kier alpha value is -3.17. The molecule has 0 bridgehead atoms. The molecule has 2 aliphatic carbocycles. The van der Waals surface area contributed by atoms with Gasteiger partial charge in [-0.2, -0.15) is 10.1 Å². The van der Waals surface area contributed by atoms with Crippen LogP contribution in [0.15, 0.2) is 69.9 Å². The molecule has 2 heterocycles. The van der Waals surface area contributed by atoms with E-state index in [4.69, 9.17) is 11.6 Å². The molecule has 0 spiro atoms. The first-order valence-corrected chi connectivity index (χ1v) is 11.8. The molecule has 5 rings (SSSR count). The van der Waals surface area contributed by atoms with Gasteiger partial charge in [0.1, 0.15) is 0 Å². The highest BCUT2D eigenvalue weighted by molar-refractivity contribution is 9.10. The molecule has 1 unspecified atom stereocenters. The molecule has 2 aliphatic rings. The first kappa shape index (κ1) is 21.7. The summed E-state index contributed by atoms with van der Waals surface area (Å²) in [6.45, 7) is 0. The predicted molar refractivity (Wildman–Crippen MR) is 132 cm³/mol. The molecule has 33 heavy (non-hydrogen) atoms. The van der Waals surface area contributed by atoms with Crippen LogP contribution in [0.4, 0.5) is 17.6 Å².